The Morgan fingerprint density at radius 1 is 1.31 bits per heavy atom. The first-order valence-corrected chi connectivity index (χ1v) is 6.44. The van der Waals surface area contributed by atoms with Gasteiger partial charge in [0, 0.05) is 17.8 Å². The van der Waals surface area contributed by atoms with E-state index in [-0.39, 0.29) is 18.2 Å². The smallest absolute Gasteiger partial charge is 0.181 e. The number of ether oxygens (including phenoxy) is 2. The largest absolute Gasteiger partial charge is 0.485 e. The Bertz CT molecular complexity index is 446. The normalized spacial score (nSPS) is 30.9. The fourth-order valence-electron chi connectivity index (χ4n) is 2.27. The molecule has 0 saturated carbocycles. The van der Waals surface area contributed by atoms with E-state index in [9.17, 15) is 0 Å². The Hall–Kier alpha value is -1.03. The van der Waals surface area contributed by atoms with Gasteiger partial charge in [0.25, 0.3) is 0 Å². The number of hydrogen-bond donors (Lipinski definition) is 0. The first kappa shape index (κ1) is 10.1. The molecular weight excluding hydrogens is 270 g/mol. The van der Waals surface area contributed by atoms with Gasteiger partial charge in [0.05, 0.1) is 0 Å². The Balaban J connectivity index is 2.06. The van der Waals surface area contributed by atoms with Gasteiger partial charge in [-0.3, -0.25) is 0 Å². The third-order valence-corrected chi connectivity index (χ3v) is 3.61. The molecular formula is C12H12BrNO2. The summed E-state index contributed by atoms with van der Waals surface area (Å²) in [4.78, 5) is 4.54. The molecule has 0 N–H and O–H groups in total. The van der Waals surface area contributed by atoms with Crippen molar-refractivity contribution >= 4 is 21.8 Å². The van der Waals surface area contributed by atoms with Gasteiger partial charge in [-0.1, -0.05) is 34.1 Å². The molecule has 0 aromatic heterocycles. The summed E-state index contributed by atoms with van der Waals surface area (Å²) in [7, 11) is 0. The maximum absolute atomic E-state index is 5.90. The summed E-state index contributed by atoms with van der Waals surface area (Å²) in [5, 5.41) is 0.755. The van der Waals surface area contributed by atoms with Gasteiger partial charge in [-0.15, -0.1) is 0 Å². The van der Waals surface area contributed by atoms with Crippen LogP contribution in [0, 0.1) is 0 Å². The molecule has 0 bridgehead atoms. The summed E-state index contributed by atoms with van der Waals surface area (Å²) in [6.07, 6.45) is 0.0374. The molecule has 4 heteroatoms. The number of rotatable bonds is 1. The quantitative estimate of drug-likeness (QED) is 0.741. The lowest BCUT2D eigenvalue weighted by atomic mass is 9.95. The van der Waals surface area contributed by atoms with Gasteiger partial charge in [0.1, 0.15) is 17.9 Å². The highest BCUT2D eigenvalue weighted by Crippen LogP contribution is 2.41. The fraction of sp³-hybridized carbons (Fsp3) is 0.417. The van der Waals surface area contributed by atoms with Gasteiger partial charge < -0.3 is 9.47 Å². The summed E-state index contributed by atoms with van der Waals surface area (Å²) < 4.78 is 11.6. The van der Waals surface area contributed by atoms with Crippen molar-refractivity contribution in [1.82, 2.24) is 0 Å². The molecule has 0 saturated heterocycles. The Kier molecular flexibility index (Phi) is 2.39. The molecule has 0 spiro atoms. The maximum atomic E-state index is 5.90. The fourth-order valence-corrected chi connectivity index (χ4v) is 2.77. The van der Waals surface area contributed by atoms with Gasteiger partial charge in [-0.25, -0.2) is 4.99 Å². The number of para-hydroxylation sites is 1. The second-order valence-corrected chi connectivity index (χ2v) is 4.67. The van der Waals surface area contributed by atoms with Gasteiger partial charge in [-0.05, 0) is 6.07 Å². The Morgan fingerprint density at radius 3 is 2.94 bits per heavy atom. The molecule has 3 unspecified atom stereocenters. The standard InChI is InChI=1S/C12H12BrNO2/c1-7-14-11-8-4-2-3-5-9(8)16-10(6-13)12(11)15-7/h2-5,10-12H,6H2,1H3. The molecule has 0 aliphatic carbocycles. The van der Waals surface area contributed by atoms with E-state index in [1.807, 2.05) is 25.1 Å². The summed E-state index contributed by atoms with van der Waals surface area (Å²) in [6.45, 7) is 1.90. The lowest BCUT2D eigenvalue weighted by Gasteiger charge is -2.32. The van der Waals surface area contributed by atoms with E-state index in [1.165, 1.54) is 0 Å². The van der Waals surface area contributed by atoms with Gasteiger partial charge in [0.2, 0.25) is 0 Å². The number of hydrogen-bond acceptors (Lipinski definition) is 3. The van der Waals surface area contributed by atoms with Crippen LogP contribution in [0.15, 0.2) is 29.3 Å². The van der Waals surface area contributed by atoms with Crippen molar-refractivity contribution in [2.45, 2.75) is 25.2 Å². The number of nitrogens with zero attached hydrogens (tertiary/aromatic N) is 1. The van der Waals surface area contributed by atoms with E-state index in [1.54, 1.807) is 0 Å². The van der Waals surface area contributed by atoms with Crippen LogP contribution in [0.2, 0.25) is 0 Å². The van der Waals surface area contributed by atoms with Crippen LogP contribution in [-0.2, 0) is 4.74 Å². The molecule has 2 aliphatic rings. The van der Waals surface area contributed by atoms with E-state index in [0.29, 0.717) is 0 Å². The van der Waals surface area contributed by atoms with Gasteiger partial charge in [0.15, 0.2) is 12.0 Å². The molecule has 84 valence electrons. The topological polar surface area (TPSA) is 30.8 Å². The number of alkyl halides is 1. The zero-order chi connectivity index (χ0) is 11.1. The molecule has 3 rings (SSSR count). The molecule has 0 radical (unpaired) electrons. The number of aliphatic imine (C=N–C) groups is 1. The third kappa shape index (κ3) is 1.44. The summed E-state index contributed by atoms with van der Waals surface area (Å²) in [6, 6.07) is 8.13. The van der Waals surface area contributed by atoms with Crippen LogP contribution in [0.5, 0.6) is 5.75 Å². The number of halogens is 1. The van der Waals surface area contributed by atoms with Crippen molar-refractivity contribution in [3.05, 3.63) is 29.8 Å². The zero-order valence-electron chi connectivity index (χ0n) is 8.89. The number of benzene rings is 1. The molecule has 3 atom stereocenters. The molecule has 16 heavy (non-hydrogen) atoms. The first-order valence-electron chi connectivity index (χ1n) is 5.32. The van der Waals surface area contributed by atoms with Crippen LogP contribution in [0.25, 0.3) is 0 Å². The predicted molar refractivity (Wildman–Crippen MR) is 65.4 cm³/mol. The minimum absolute atomic E-state index is 0.00859. The van der Waals surface area contributed by atoms with E-state index in [2.05, 4.69) is 27.0 Å². The highest BCUT2D eigenvalue weighted by Gasteiger charge is 2.42. The average molecular weight is 282 g/mol. The maximum Gasteiger partial charge on any atom is 0.181 e. The average Bonchev–Trinajstić information content (AvgIpc) is 2.69. The lowest BCUT2D eigenvalue weighted by Crippen LogP contribution is -2.40. The van der Waals surface area contributed by atoms with Crippen molar-refractivity contribution in [2.24, 2.45) is 4.99 Å². The summed E-state index contributed by atoms with van der Waals surface area (Å²) in [5.74, 6) is 1.68. The molecule has 2 heterocycles. The minimum Gasteiger partial charge on any atom is -0.485 e. The van der Waals surface area contributed by atoms with E-state index < -0.39 is 0 Å². The molecule has 0 amide bonds. The highest BCUT2D eigenvalue weighted by molar-refractivity contribution is 9.09. The third-order valence-electron chi connectivity index (χ3n) is 2.97. The molecule has 1 aromatic carbocycles. The predicted octanol–water partition coefficient (Wildman–Crippen LogP) is 2.70. The van der Waals surface area contributed by atoms with Crippen molar-refractivity contribution in [1.29, 1.82) is 0 Å². The van der Waals surface area contributed by atoms with Crippen LogP contribution in [-0.4, -0.2) is 23.4 Å². The van der Waals surface area contributed by atoms with Crippen molar-refractivity contribution in [2.75, 3.05) is 5.33 Å². The Labute approximate surface area is 103 Å². The van der Waals surface area contributed by atoms with Crippen molar-refractivity contribution in [3.8, 4) is 5.75 Å². The molecule has 1 aromatic rings. The summed E-state index contributed by atoms with van der Waals surface area (Å²) in [5.41, 5.74) is 1.13. The van der Waals surface area contributed by atoms with Crippen molar-refractivity contribution in [3.63, 3.8) is 0 Å². The van der Waals surface area contributed by atoms with Crippen LogP contribution >= 0.6 is 15.9 Å². The summed E-state index contributed by atoms with van der Waals surface area (Å²) >= 11 is 3.46. The SMILES string of the molecule is CC1=NC2c3ccccc3OC(CBr)C2O1. The van der Waals surface area contributed by atoms with Crippen LogP contribution in [0.3, 0.4) is 0 Å². The monoisotopic (exact) mass is 281 g/mol. The van der Waals surface area contributed by atoms with E-state index >= 15 is 0 Å². The van der Waals surface area contributed by atoms with E-state index in [4.69, 9.17) is 9.47 Å². The van der Waals surface area contributed by atoms with E-state index in [0.717, 1.165) is 22.5 Å². The highest BCUT2D eigenvalue weighted by atomic mass is 79.9. The second-order valence-electron chi connectivity index (χ2n) is 4.02. The van der Waals surface area contributed by atoms with Crippen molar-refractivity contribution < 1.29 is 9.47 Å². The Morgan fingerprint density at radius 2 is 2.12 bits per heavy atom. The second kappa shape index (κ2) is 3.77. The van der Waals surface area contributed by atoms with Gasteiger partial charge in [-0.2, -0.15) is 0 Å². The first-order chi connectivity index (χ1) is 7.79. The number of fused-ring (bicyclic) bond motifs is 3. The lowest BCUT2D eigenvalue weighted by molar-refractivity contribution is 0.0435. The zero-order valence-corrected chi connectivity index (χ0v) is 10.5. The van der Waals surface area contributed by atoms with Crippen LogP contribution in [0.1, 0.15) is 18.5 Å². The molecule has 0 fully saturated rings. The molecule has 3 nitrogen and oxygen atoms in total. The van der Waals surface area contributed by atoms with Crippen LogP contribution in [0.4, 0.5) is 0 Å². The minimum atomic E-state index is 0.00859. The van der Waals surface area contributed by atoms with Gasteiger partial charge >= 0.3 is 0 Å². The molecule has 2 aliphatic heterocycles. The van der Waals surface area contributed by atoms with Crippen LogP contribution < -0.4 is 4.74 Å².